The Kier molecular flexibility index (Phi) is 12.8. The van der Waals surface area contributed by atoms with Crippen LogP contribution < -0.4 is 0 Å². The Morgan fingerprint density at radius 3 is 1.35 bits per heavy atom. The third-order valence-corrected chi connectivity index (χ3v) is 23.5. The summed E-state index contributed by atoms with van der Waals surface area (Å²) in [4.78, 5) is 3.38. The number of nitrogens with zero attached hydrogens (tertiary/aromatic N) is 1. The highest BCUT2D eigenvalue weighted by Gasteiger charge is 2.60. The maximum absolute atomic E-state index is 6.89. The van der Waals surface area contributed by atoms with Crippen molar-refractivity contribution < 1.29 is 4.74 Å². The molecule has 57 heavy (non-hydrogen) atoms. The Balaban J connectivity index is 0.756. The number of ether oxygens (including phenoxy) is 1. The molecule has 11 unspecified atom stereocenters. The van der Waals surface area contributed by atoms with Gasteiger partial charge in [-0.1, -0.05) is 96.3 Å². The monoisotopic (exact) mass is 800 g/mol. The Hall–Kier alpha value is 0.270. The van der Waals surface area contributed by atoms with Gasteiger partial charge in [-0.05, 0) is 194 Å². The molecule has 2 aliphatic heterocycles. The predicted octanol–water partition coefficient (Wildman–Crippen LogP) is 14.8. The van der Waals surface area contributed by atoms with Gasteiger partial charge in [0.25, 0.3) is 0 Å². The van der Waals surface area contributed by atoms with Crippen molar-refractivity contribution in [3.8, 4) is 0 Å². The Morgan fingerprint density at radius 2 is 0.719 bits per heavy atom. The highest BCUT2D eigenvalue weighted by molar-refractivity contribution is 8.00. The summed E-state index contributed by atoms with van der Waals surface area (Å²) < 4.78 is 6.89. The lowest BCUT2D eigenvalue weighted by molar-refractivity contribution is -0.0187. The van der Waals surface area contributed by atoms with Gasteiger partial charge in [0.1, 0.15) is 0 Å². The fraction of sp³-hybridized carbons (Fsp3) is 1.00. The van der Waals surface area contributed by atoms with Gasteiger partial charge in [0.2, 0.25) is 0 Å². The molecule has 0 aromatic carbocycles. The average Bonchev–Trinajstić information content (AvgIpc) is 3.87. The SMILES string of the molecule is C1CCC(C2CCC(N(C3CCC(C4CCCCC4C4CCCCC4)CC3)C3CCC(C4CCCC5C6CCC7OC8CCCCC8C7C6SC45)CC3)CC2)CC1. The summed E-state index contributed by atoms with van der Waals surface area (Å²) in [5.74, 6) is 12.5. The van der Waals surface area contributed by atoms with Gasteiger partial charge in [-0.15, -0.1) is 0 Å². The van der Waals surface area contributed by atoms with Gasteiger partial charge in [-0.25, -0.2) is 0 Å². The zero-order valence-corrected chi connectivity index (χ0v) is 37.8. The van der Waals surface area contributed by atoms with Crippen molar-refractivity contribution in [1.29, 1.82) is 0 Å². The fourth-order valence-electron chi connectivity index (χ4n) is 19.0. The summed E-state index contributed by atoms with van der Waals surface area (Å²) in [7, 11) is 0. The summed E-state index contributed by atoms with van der Waals surface area (Å²) in [5.41, 5.74) is 0. The average molecular weight is 800 g/mol. The molecule has 11 rings (SSSR count). The van der Waals surface area contributed by atoms with Crippen molar-refractivity contribution in [3.63, 3.8) is 0 Å². The molecule has 0 aromatic rings. The first-order valence-electron chi connectivity index (χ1n) is 27.3. The molecule has 9 aliphatic carbocycles. The summed E-state index contributed by atoms with van der Waals surface area (Å²) in [6.07, 6.45) is 55.1. The highest BCUT2D eigenvalue weighted by atomic mass is 32.2. The van der Waals surface area contributed by atoms with Crippen LogP contribution in [0.4, 0.5) is 0 Å². The summed E-state index contributed by atoms with van der Waals surface area (Å²) in [6, 6.07) is 2.73. The molecule has 2 saturated heterocycles. The Morgan fingerprint density at radius 1 is 0.281 bits per heavy atom. The summed E-state index contributed by atoms with van der Waals surface area (Å²) >= 11 is 2.61. The third kappa shape index (κ3) is 8.07. The minimum atomic E-state index is 0.626. The van der Waals surface area contributed by atoms with Crippen LogP contribution in [-0.2, 0) is 4.74 Å². The molecular formula is C54H89NOS. The Labute approximate surface area is 356 Å². The Bertz CT molecular complexity index is 1270. The maximum atomic E-state index is 6.89. The predicted molar refractivity (Wildman–Crippen MR) is 241 cm³/mol. The molecule has 0 radical (unpaired) electrons. The van der Waals surface area contributed by atoms with Crippen molar-refractivity contribution in [2.24, 2.45) is 71.0 Å². The van der Waals surface area contributed by atoms with Gasteiger partial charge in [0.05, 0.1) is 12.2 Å². The van der Waals surface area contributed by atoms with E-state index in [4.69, 9.17) is 4.74 Å². The second kappa shape index (κ2) is 18.2. The summed E-state index contributed by atoms with van der Waals surface area (Å²) in [5, 5.41) is 1.94. The zero-order valence-electron chi connectivity index (χ0n) is 37.0. The molecule has 0 N–H and O–H groups in total. The first-order chi connectivity index (χ1) is 28.3. The van der Waals surface area contributed by atoms with Gasteiger partial charge < -0.3 is 4.74 Å². The quantitative estimate of drug-likeness (QED) is 0.255. The molecule has 0 bridgehead atoms. The van der Waals surface area contributed by atoms with Gasteiger partial charge in [-0.3, -0.25) is 4.90 Å². The lowest BCUT2D eigenvalue weighted by Gasteiger charge is -2.52. The van der Waals surface area contributed by atoms with Crippen molar-refractivity contribution in [3.05, 3.63) is 0 Å². The van der Waals surface area contributed by atoms with Crippen molar-refractivity contribution in [2.75, 3.05) is 0 Å². The van der Waals surface area contributed by atoms with E-state index in [2.05, 4.69) is 16.7 Å². The van der Waals surface area contributed by atoms with Crippen LogP contribution in [-0.4, -0.2) is 45.7 Å². The van der Waals surface area contributed by atoms with Crippen LogP contribution in [0.15, 0.2) is 0 Å². The minimum Gasteiger partial charge on any atom is -0.374 e. The lowest BCUT2D eigenvalue weighted by atomic mass is 9.61. The number of hydrogen-bond acceptors (Lipinski definition) is 3. The summed E-state index contributed by atoms with van der Waals surface area (Å²) in [6.45, 7) is 0. The topological polar surface area (TPSA) is 12.5 Å². The van der Waals surface area contributed by atoms with Gasteiger partial charge in [-0.2, -0.15) is 11.8 Å². The fourth-order valence-corrected chi connectivity index (χ4v) is 21.6. The van der Waals surface area contributed by atoms with Crippen LogP contribution >= 0.6 is 11.8 Å². The zero-order chi connectivity index (χ0) is 37.7. The molecular weight excluding hydrogens is 711 g/mol. The molecule has 9 saturated carbocycles. The molecule has 11 atom stereocenters. The lowest BCUT2D eigenvalue weighted by Crippen LogP contribution is -2.53. The molecule has 2 heterocycles. The number of fused-ring (bicyclic) bond motifs is 7. The van der Waals surface area contributed by atoms with Gasteiger partial charge in [0, 0.05) is 34.5 Å². The van der Waals surface area contributed by atoms with Crippen LogP contribution in [0.5, 0.6) is 0 Å². The number of thioether (sulfide) groups is 1. The van der Waals surface area contributed by atoms with Crippen molar-refractivity contribution >= 4 is 11.8 Å². The normalized spacial score (nSPS) is 50.2. The maximum Gasteiger partial charge on any atom is 0.0621 e. The van der Waals surface area contributed by atoms with E-state index in [9.17, 15) is 0 Å². The van der Waals surface area contributed by atoms with E-state index in [1.54, 1.807) is 161 Å². The van der Waals surface area contributed by atoms with Crippen molar-refractivity contribution in [2.45, 2.75) is 266 Å². The first-order valence-corrected chi connectivity index (χ1v) is 28.3. The van der Waals surface area contributed by atoms with Crippen LogP contribution in [0.2, 0.25) is 0 Å². The van der Waals surface area contributed by atoms with Crippen LogP contribution in [0.1, 0.15) is 225 Å². The van der Waals surface area contributed by atoms with E-state index < -0.39 is 0 Å². The first kappa shape index (κ1) is 40.1. The molecule has 0 spiro atoms. The van der Waals surface area contributed by atoms with Crippen LogP contribution in [0.3, 0.4) is 0 Å². The van der Waals surface area contributed by atoms with E-state index in [0.29, 0.717) is 12.2 Å². The molecule has 11 fully saturated rings. The largest absolute Gasteiger partial charge is 0.374 e. The van der Waals surface area contributed by atoms with E-state index in [1.165, 1.54) is 64.2 Å². The molecule has 3 heteroatoms. The minimum absolute atomic E-state index is 0.626. The second-order valence-corrected chi connectivity index (χ2v) is 25.2. The van der Waals surface area contributed by atoms with E-state index >= 15 is 0 Å². The van der Waals surface area contributed by atoms with E-state index in [1.807, 2.05) is 0 Å². The second-order valence-electron chi connectivity index (χ2n) is 23.9. The van der Waals surface area contributed by atoms with E-state index in [0.717, 1.165) is 99.6 Å². The molecule has 322 valence electrons. The van der Waals surface area contributed by atoms with Crippen LogP contribution in [0, 0.1) is 71.0 Å². The molecule has 2 nitrogen and oxygen atoms in total. The molecule has 0 aromatic heterocycles. The van der Waals surface area contributed by atoms with Gasteiger partial charge >= 0.3 is 0 Å². The van der Waals surface area contributed by atoms with E-state index in [-0.39, 0.29) is 0 Å². The number of rotatable bonds is 7. The highest BCUT2D eigenvalue weighted by Crippen LogP contribution is 2.64. The molecule has 11 aliphatic rings. The standard InChI is InChI=1S/C54H89NOS/c1-3-12-36(13-4-1)37-22-28-41(29-23-37)55(42-30-24-39(25-31-42)45-17-8-7-16-44(45)38-14-5-2-6-15-38)43-32-26-40(27-33-43)46-19-11-20-47-48-34-35-51-52(54(48)57-53(46)47)49-18-9-10-21-50(49)56-51/h36-54H,1-35H2. The van der Waals surface area contributed by atoms with Crippen molar-refractivity contribution in [1.82, 2.24) is 4.90 Å². The van der Waals surface area contributed by atoms with Gasteiger partial charge in [0.15, 0.2) is 0 Å². The van der Waals surface area contributed by atoms with Crippen LogP contribution in [0.25, 0.3) is 0 Å². The smallest absolute Gasteiger partial charge is 0.0621 e. The third-order valence-electron chi connectivity index (χ3n) is 21.5. The number of hydrogen-bond donors (Lipinski definition) is 0. The molecule has 0 amide bonds.